The third-order valence-corrected chi connectivity index (χ3v) is 3.09. The maximum atomic E-state index is 12.4. The summed E-state index contributed by atoms with van der Waals surface area (Å²) in [4.78, 5) is 25.6. The highest BCUT2D eigenvalue weighted by Crippen LogP contribution is 2.12. The molecule has 1 amide bonds. The summed E-state index contributed by atoms with van der Waals surface area (Å²) >= 11 is 0. The van der Waals surface area contributed by atoms with Crippen LogP contribution in [0.5, 0.6) is 0 Å². The van der Waals surface area contributed by atoms with Gasteiger partial charge in [0.25, 0.3) is 5.91 Å². The second kappa shape index (κ2) is 8.80. The summed E-state index contributed by atoms with van der Waals surface area (Å²) in [6.07, 6.45) is 7.57. The van der Waals surface area contributed by atoms with Gasteiger partial charge in [-0.3, -0.25) is 9.69 Å². The van der Waals surface area contributed by atoms with E-state index in [1.165, 1.54) is 0 Å². The number of benzene rings is 1. The van der Waals surface area contributed by atoms with E-state index in [2.05, 4.69) is 6.04 Å². The number of amides is 1. The lowest BCUT2D eigenvalue weighted by Gasteiger charge is -2.24. The molecule has 0 fully saturated rings. The minimum absolute atomic E-state index is 0.351. The highest BCUT2D eigenvalue weighted by molar-refractivity contribution is 5.98. The smallest absolute Gasteiger partial charge is 0.330 e. The summed E-state index contributed by atoms with van der Waals surface area (Å²) in [5.74, 6) is -0.814. The van der Waals surface area contributed by atoms with Gasteiger partial charge in [0.2, 0.25) is 0 Å². The molecule has 0 aliphatic rings. The number of nitrogens with zero attached hydrogens (tertiary/aromatic N) is 1. The Kier molecular flexibility index (Phi) is 7.03. The Balaban J connectivity index is 2.83. The van der Waals surface area contributed by atoms with Crippen LogP contribution in [0.25, 0.3) is 0 Å². The fourth-order valence-corrected chi connectivity index (χ4v) is 1.88. The number of carbonyl (C=O) groups is 2. The molecule has 0 unspecified atom stereocenters. The molecule has 4 nitrogen and oxygen atoms in total. The fourth-order valence-electron chi connectivity index (χ4n) is 1.88. The Bertz CT molecular complexity index is 505. The molecule has 0 bridgehead atoms. The van der Waals surface area contributed by atoms with Gasteiger partial charge in [-0.15, -0.1) is 0 Å². The molecule has 0 aliphatic heterocycles. The van der Waals surface area contributed by atoms with Gasteiger partial charge in [0.1, 0.15) is 6.04 Å². The van der Waals surface area contributed by atoms with E-state index >= 15 is 0 Å². The number of unbranched alkanes of at least 4 members (excludes halogenated alkanes) is 1. The molecule has 0 heterocycles. The summed E-state index contributed by atoms with van der Waals surface area (Å²) in [6.45, 7) is 4.16. The van der Waals surface area contributed by atoms with E-state index in [9.17, 15) is 9.59 Å². The molecular formula is C17H21NO3. The van der Waals surface area contributed by atoms with Crippen molar-refractivity contribution in [2.75, 3.05) is 6.61 Å². The monoisotopic (exact) mass is 287 g/mol. The van der Waals surface area contributed by atoms with Crippen LogP contribution in [0.4, 0.5) is 0 Å². The zero-order valence-electron chi connectivity index (χ0n) is 12.5. The van der Waals surface area contributed by atoms with Crippen molar-refractivity contribution >= 4 is 11.9 Å². The van der Waals surface area contributed by atoms with Gasteiger partial charge in [-0.25, -0.2) is 4.79 Å². The molecule has 112 valence electrons. The Morgan fingerprint density at radius 3 is 2.48 bits per heavy atom. The van der Waals surface area contributed by atoms with E-state index in [1.807, 2.05) is 13.0 Å². The van der Waals surface area contributed by atoms with E-state index in [0.29, 0.717) is 18.6 Å². The van der Waals surface area contributed by atoms with Crippen LogP contribution in [-0.2, 0) is 9.53 Å². The van der Waals surface area contributed by atoms with Crippen molar-refractivity contribution in [3.05, 3.63) is 35.9 Å². The average molecular weight is 287 g/mol. The lowest BCUT2D eigenvalue weighted by atomic mass is 10.1. The zero-order valence-corrected chi connectivity index (χ0v) is 12.5. The molecule has 0 saturated carbocycles. The van der Waals surface area contributed by atoms with Gasteiger partial charge in [0.05, 0.1) is 6.61 Å². The van der Waals surface area contributed by atoms with Crippen molar-refractivity contribution in [3.8, 4) is 12.5 Å². The highest BCUT2D eigenvalue weighted by Gasteiger charge is 2.29. The minimum atomic E-state index is -0.750. The Hall–Kier alpha value is -2.28. The Morgan fingerprint density at radius 1 is 1.29 bits per heavy atom. The van der Waals surface area contributed by atoms with Crippen LogP contribution in [0.3, 0.4) is 0 Å². The first kappa shape index (κ1) is 16.8. The molecule has 0 spiro atoms. The number of esters is 1. The van der Waals surface area contributed by atoms with E-state index < -0.39 is 12.0 Å². The minimum Gasteiger partial charge on any atom is -0.464 e. The van der Waals surface area contributed by atoms with E-state index in [4.69, 9.17) is 11.2 Å². The first-order valence-electron chi connectivity index (χ1n) is 7.17. The van der Waals surface area contributed by atoms with Crippen molar-refractivity contribution in [3.63, 3.8) is 0 Å². The lowest BCUT2D eigenvalue weighted by Crippen LogP contribution is -2.42. The molecule has 1 aromatic rings. The van der Waals surface area contributed by atoms with Gasteiger partial charge in [-0.2, -0.15) is 0 Å². The number of rotatable bonds is 7. The van der Waals surface area contributed by atoms with Crippen molar-refractivity contribution in [2.45, 2.75) is 39.2 Å². The fraction of sp³-hybridized carbons (Fsp3) is 0.412. The van der Waals surface area contributed by atoms with Gasteiger partial charge < -0.3 is 4.74 Å². The largest absolute Gasteiger partial charge is 0.464 e. The standard InChI is InChI=1S/C17H21NO3/c1-4-7-13-21-17(20)15(5-2)18(6-3)16(19)14-11-9-8-10-12-14/h3,8-12,15H,4-5,7,13H2,1-2H3/t15-/m0/s1. The average Bonchev–Trinajstić information content (AvgIpc) is 2.52. The van der Waals surface area contributed by atoms with Crippen molar-refractivity contribution in [1.82, 2.24) is 4.90 Å². The molecule has 0 radical (unpaired) electrons. The van der Waals surface area contributed by atoms with E-state index in [0.717, 1.165) is 17.7 Å². The molecule has 0 aliphatic carbocycles. The first-order chi connectivity index (χ1) is 10.2. The number of terminal acetylenes is 1. The van der Waals surface area contributed by atoms with Crippen LogP contribution in [0, 0.1) is 12.5 Å². The number of carbonyl (C=O) groups excluding carboxylic acids is 2. The van der Waals surface area contributed by atoms with Crippen LogP contribution < -0.4 is 0 Å². The summed E-state index contributed by atoms with van der Waals surface area (Å²) in [5, 5.41) is 0. The molecule has 0 saturated heterocycles. The van der Waals surface area contributed by atoms with Crippen molar-refractivity contribution in [1.29, 1.82) is 0 Å². The van der Waals surface area contributed by atoms with Gasteiger partial charge >= 0.3 is 5.97 Å². The summed E-state index contributed by atoms with van der Waals surface area (Å²) in [5.41, 5.74) is 0.454. The van der Waals surface area contributed by atoms with Gasteiger partial charge in [-0.05, 0) is 25.0 Å². The van der Waals surface area contributed by atoms with Crippen LogP contribution in [0.1, 0.15) is 43.5 Å². The van der Waals surface area contributed by atoms with Gasteiger partial charge in [-0.1, -0.05) is 44.9 Å². The SMILES string of the molecule is C#CN(C(=O)c1ccccc1)[C@@H](CC)C(=O)OCCCC. The molecule has 1 rings (SSSR count). The predicted octanol–water partition coefficient (Wildman–Crippen LogP) is 2.84. The first-order valence-corrected chi connectivity index (χ1v) is 7.17. The third-order valence-electron chi connectivity index (χ3n) is 3.09. The summed E-state index contributed by atoms with van der Waals surface area (Å²) in [7, 11) is 0. The molecular weight excluding hydrogens is 266 g/mol. The normalized spacial score (nSPS) is 11.3. The lowest BCUT2D eigenvalue weighted by molar-refractivity contribution is -0.148. The van der Waals surface area contributed by atoms with Crippen LogP contribution in [0.15, 0.2) is 30.3 Å². The van der Waals surface area contributed by atoms with Crippen LogP contribution in [-0.4, -0.2) is 29.4 Å². The summed E-state index contributed by atoms with van der Waals surface area (Å²) in [6, 6.07) is 10.2. The second-order valence-corrected chi connectivity index (χ2v) is 4.62. The van der Waals surface area contributed by atoms with Crippen LogP contribution in [0.2, 0.25) is 0 Å². The topological polar surface area (TPSA) is 46.6 Å². The second-order valence-electron chi connectivity index (χ2n) is 4.62. The number of ether oxygens (including phenoxy) is 1. The van der Waals surface area contributed by atoms with Crippen LogP contribution >= 0.6 is 0 Å². The maximum absolute atomic E-state index is 12.4. The van der Waals surface area contributed by atoms with Crippen molar-refractivity contribution < 1.29 is 14.3 Å². The molecule has 1 aromatic carbocycles. The Labute approximate surface area is 126 Å². The quantitative estimate of drug-likeness (QED) is 0.335. The Morgan fingerprint density at radius 2 is 1.95 bits per heavy atom. The number of hydrogen-bond donors (Lipinski definition) is 0. The highest BCUT2D eigenvalue weighted by atomic mass is 16.5. The zero-order chi connectivity index (χ0) is 15.7. The summed E-state index contributed by atoms with van der Waals surface area (Å²) < 4.78 is 5.18. The molecule has 1 atom stereocenters. The van der Waals surface area contributed by atoms with Gasteiger partial charge in [0.15, 0.2) is 0 Å². The predicted molar refractivity (Wildman–Crippen MR) is 81.4 cm³/mol. The molecule has 0 N–H and O–H groups in total. The van der Waals surface area contributed by atoms with Crippen molar-refractivity contribution in [2.24, 2.45) is 0 Å². The van der Waals surface area contributed by atoms with Gasteiger partial charge in [0, 0.05) is 11.6 Å². The molecule has 21 heavy (non-hydrogen) atoms. The number of hydrogen-bond acceptors (Lipinski definition) is 3. The molecule has 0 aromatic heterocycles. The third kappa shape index (κ3) is 4.64. The van der Waals surface area contributed by atoms with E-state index in [-0.39, 0.29) is 5.91 Å². The maximum Gasteiger partial charge on any atom is 0.330 e. The molecule has 4 heteroatoms. The van der Waals surface area contributed by atoms with E-state index in [1.54, 1.807) is 31.2 Å².